The van der Waals surface area contributed by atoms with Gasteiger partial charge in [0.1, 0.15) is 5.82 Å². The first-order chi connectivity index (χ1) is 9.47. The van der Waals surface area contributed by atoms with E-state index >= 15 is 0 Å². The molecule has 2 aromatic rings. The first-order valence-electron chi connectivity index (χ1n) is 6.39. The molecule has 1 aromatic carbocycles. The van der Waals surface area contributed by atoms with Crippen LogP contribution in [0, 0.1) is 0 Å². The third-order valence-electron chi connectivity index (χ3n) is 2.90. The number of nitrogens with zero attached hydrogens (tertiary/aromatic N) is 3. The molecule has 1 amide bonds. The number of hydrogen-bond acceptors (Lipinski definition) is 3. The molecule has 5 nitrogen and oxygen atoms in total. The van der Waals surface area contributed by atoms with Gasteiger partial charge in [-0.25, -0.2) is 4.98 Å². The summed E-state index contributed by atoms with van der Waals surface area (Å²) < 4.78 is 0.996. The van der Waals surface area contributed by atoms with E-state index in [2.05, 4.69) is 31.1 Å². The molecule has 0 unspecified atom stereocenters. The summed E-state index contributed by atoms with van der Waals surface area (Å²) in [6.07, 6.45) is 0. The molecule has 20 heavy (non-hydrogen) atoms. The van der Waals surface area contributed by atoms with Crippen molar-refractivity contribution < 1.29 is 4.79 Å². The fourth-order valence-corrected chi connectivity index (χ4v) is 2.23. The van der Waals surface area contributed by atoms with Gasteiger partial charge in [0.25, 0.3) is 5.91 Å². The molecule has 0 spiro atoms. The van der Waals surface area contributed by atoms with Gasteiger partial charge >= 0.3 is 0 Å². The Labute approximate surface area is 126 Å². The van der Waals surface area contributed by atoms with Gasteiger partial charge in [-0.3, -0.25) is 9.89 Å². The Balaban J connectivity index is 2.08. The smallest absolute Gasteiger partial charge is 0.293 e. The highest BCUT2D eigenvalue weighted by molar-refractivity contribution is 9.10. The molecule has 0 radical (unpaired) electrons. The number of halogens is 1. The van der Waals surface area contributed by atoms with Crippen LogP contribution in [0.25, 0.3) is 0 Å². The van der Waals surface area contributed by atoms with Crippen LogP contribution < -0.4 is 0 Å². The van der Waals surface area contributed by atoms with E-state index in [1.807, 2.05) is 38.1 Å². The number of H-pyrrole nitrogens is 1. The van der Waals surface area contributed by atoms with Crippen molar-refractivity contribution in [3.8, 4) is 0 Å². The largest absolute Gasteiger partial charge is 0.335 e. The highest BCUT2D eigenvalue weighted by Gasteiger charge is 2.18. The molecule has 0 saturated carbocycles. The summed E-state index contributed by atoms with van der Waals surface area (Å²) in [5.41, 5.74) is 1.05. The van der Waals surface area contributed by atoms with Crippen LogP contribution in [0.2, 0.25) is 0 Å². The Morgan fingerprint density at radius 2 is 2.20 bits per heavy atom. The van der Waals surface area contributed by atoms with Crippen molar-refractivity contribution in [1.82, 2.24) is 20.1 Å². The van der Waals surface area contributed by atoms with Crippen molar-refractivity contribution in [2.24, 2.45) is 0 Å². The lowest BCUT2D eigenvalue weighted by Gasteiger charge is -2.15. The molecule has 1 aromatic heterocycles. The van der Waals surface area contributed by atoms with Gasteiger partial charge in [-0.2, -0.15) is 0 Å². The van der Waals surface area contributed by atoms with Crippen LogP contribution in [0.4, 0.5) is 0 Å². The molecule has 106 valence electrons. The molecule has 0 aliphatic carbocycles. The Morgan fingerprint density at radius 3 is 2.80 bits per heavy atom. The van der Waals surface area contributed by atoms with E-state index in [1.54, 1.807) is 11.9 Å². The van der Waals surface area contributed by atoms with Gasteiger partial charge in [-0.1, -0.05) is 41.9 Å². The van der Waals surface area contributed by atoms with E-state index in [1.165, 1.54) is 0 Å². The van der Waals surface area contributed by atoms with Crippen LogP contribution >= 0.6 is 15.9 Å². The molecule has 0 fully saturated rings. The standard InChI is InChI=1S/C14H17BrN4O/c1-9(2)12-16-13(18-17-12)14(20)19(3)8-10-5-4-6-11(15)7-10/h4-7,9H,8H2,1-3H3,(H,16,17,18). The fourth-order valence-electron chi connectivity index (χ4n) is 1.78. The Morgan fingerprint density at radius 1 is 1.45 bits per heavy atom. The molecule has 0 bridgehead atoms. The molecule has 0 saturated heterocycles. The number of carbonyl (C=O) groups excluding carboxylic acids is 1. The van der Waals surface area contributed by atoms with E-state index in [0.717, 1.165) is 15.9 Å². The predicted molar refractivity (Wildman–Crippen MR) is 80.4 cm³/mol. The number of carbonyl (C=O) groups is 1. The SMILES string of the molecule is CC(C)c1nc(C(=O)N(C)Cc2cccc(Br)c2)n[nH]1. The minimum atomic E-state index is -0.187. The molecule has 6 heteroatoms. The lowest BCUT2D eigenvalue weighted by molar-refractivity contribution is 0.0773. The van der Waals surface area contributed by atoms with E-state index in [9.17, 15) is 4.79 Å². The third kappa shape index (κ3) is 3.45. The topological polar surface area (TPSA) is 61.9 Å². The highest BCUT2D eigenvalue weighted by atomic mass is 79.9. The number of nitrogens with one attached hydrogen (secondary N) is 1. The Bertz CT molecular complexity index is 609. The quantitative estimate of drug-likeness (QED) is 0.933. The van der Waals surface area contributed by atoms with Crippen LogP contribution in [-0.2, 0) is 6.54 Å². The first-order valence-corrected chi connectivity index (χ1v) is 7.19. The summed E-state index contributed by atoms with van der Waals surface area (Å²) in [4.78, 5) is 18.1. The monoisotopic (exact) mass is 336 g/mol. The Kier molecular flexibility index (Phi) is 4.54. The van der Waals surface area contributed by atoms with Gasteiger partial charge in [0, 0.05) is 24.0 Å². The maximum Gasteiger partial charge on any atom is 0.293 e. The van der Waals surface area contributed by atoms with Crippen LogP contribution in [0.1, 0.15) is 41.8 Å². The second-order valence-corrected chi connectivity index (χ2v) is 5.91. The molecule has 0 aliphatic heterocycles. The van der Waals surface area contributed by atoms with Gasteiger partial charge in [0.2, 0.25) is 5.82 Å². The minimum absolute atomic E-state index is 0.187. The lowest BCUT2D eigenvalue weighted by Crippen LogP contribution is -2.27. The van der Waals surface area contributed by atoms with E-state index in [-0.39, 0.29) is 17.6 Å². The summed E-state index contributed by atoms with van der Waals surface area (Å²) in [6, 6.07) is 7.87. The molecule has 1 N–H and O–H groups in total. The summed E-state index contributed by atoms with van der Waals surface area (Å²) >= 11 is 3.42. The molecule has 1 heterocycles. The van der Waals surface area contributed by atoms with E-state index in [4.69, 9.17) is 0 Å². The number of amides is 1. The van der Waals surface area contributed by atoms with Gasteiger partial charge in [0.15, 0.2) is 0 Å². The maximum atomic E-state index is 12.2. The van der Waals surface area contributed by atoms with Crippen molar-refractivity contribution in [3.05, 3.63) is 46.0 Å². The zero-order chi connectivity index (χ0) is 14.7. The number of aromatic nitrogens is 3. The van der Waals surface area contributed by atoms with Crippen LogP contribution in [0.15, 0.2) is 28.7 Å². The van der Waals surface area contributed by atoms with Crippen molar-refractivity contribution in [1.29, 1.82) is 0 Å². The van der Waals surface area contributed by atoms with Crippen molar-refractivity contribution in [2.45, 2.75) is 26.3 Å². The van der Waals surface area contributed by atoms with E-state index in [0.29, 0.717) is 6.54 Å². The molecule has 2 rings (SSSR count). The number of rotatable bonds is 4. The zero-order valence-corrected chi connectivity index (χ0v) is 13.3. The van der Waals surface area contributed by atoms with Crippen molar-refractivity contribution in [3.63, 3.8) is 0 Å². The summed E-state index contributed by atoms with van der Waals surface area (Å²) in [5, 5.41) is 6.78. The lowest BCUT2D eigenvalue weighted by atomic mass is 10.2. The Hall–Kier alpha value is -1.69. The second-order valence-electron chi connectivity index (χ2n) is 4.99. The third-order valence-corrected chi connectivity index (χ3v) is 3.39. The van der Waals surface area contributed by atoms with Gasteiger partial charge in [-0.15, -0.1) is 5.10 Å². The van der Waals surface area contributed by atoms with Gasteiger partial charge < -0.3 is 4.90 Å². The van der Waals surface area contributed by atoms with Crippen LogP contribution in [-0.4, -0.2) is 33.0 Å². The predicted octanol–water partition coefficient (Wildman–Crippen LogP) is 2.96. The second kappa shape index (κ2) is 6.17. The molecular formula is C14H17BrN4O. The normalized spacial score (nSPS) is 10.8. The van der Waals surface area contributed by atoms with Crippen molar-refractivity contribution >= 4 is 21.8 Å². The van der Waals surface area contributed by atoms with Gasteiger partial charge in [-0.05, 0) is 17.7 Å². The number of hydrogen-bond donors (Lipinski definition) is 1. The fraction of sp³-hybridized carbons (Fsp3) is 0.357. The number of benzene rings is 1. The summed E-state index contributed by atoms with van der Waals surface area (Å²) in [6.45, 7) is 4.52. The maximum absolute atomic E-state index is 12.2. The van der Waals surface area contributed by atoms with Crippen molar-refractivity contribution in [2.75, 3.05) is 7.05 Å². The van der Waals surface area contributed by atoms with Crippen LogP contribution in [0.5, 0.6) is 0 Å². The van der Waals surface area contributed by atoms with Crippen LogP contribution in [0.3, 0.4) is 0 Å². The first kappa shape index (κ1) is 14.7. The summed E-state index contributed by atoms with van der Waals surface area (Å²) in [7, 11) is 1.74. The molecular weight excluding hydrogens is 320 g/mol. The molecule has 0 aliphatic rings. The summed E-state index contributed by atoms with van der Waals surface area (Å²) in [5.74, 6) is 0.975. The highest BCUT2D eigenvalue weighted by Crippen LogP contribution is 2.14. The average molecular weight is 337 g/mol. The minimum Gasteiger partial charge on any atom is -0.335 e. The van der Waals surface area contributed by atoms with Gasteiger partial charge in [0.05, 0.1) is 0 Å². The number of aromatic amines is 1. The molecule has 0 atom stereocenters. The zero-order valence-electron chi connectivity index (χ0n) is 11.7. The van der Waals surface area contributed by atoms with E-state index < -0.39 is 0 Å². The average Bonchev–Trinajstić information content (AvgIpc) is 2.87.